The molecule has 0 saturated carbocycles. The molecule has 2 saturated heterocycles. The van der Waals surface area contributed by atoms with Crippen LogP contribution in [-0.4, -0.2) is 66.8 Å². The van der Waals surface area contributed by atoms with Crippen molar-refractivity contribution in [2.24, 2.45) is 11.3 Å². The lowest BCUT2D eigenvalue weighted by molar-refractivity contribution is -0.132. The van der Waals surface area contributed by atoms with Crippen molar-refractivity contribution in [3.05, 3.63) is 35.4 Å². The molecule has 24 heavy (non-hydrogen) atoms. The molecule has 3 heterocycles. The van der Waals surface area contributed by atoms with Gasteiger partial charge in [0.05, 0.1) is 19.8 Å². The smallest absolute Gasteiger partial charge is 0.236 e. The van der Waals surface area contributed by atoms with Gasteiger partial charge in [0.1, 0.15) is 0 Å². The van der Waals surface area contributed by atoms with E-state index in [-0.39, 0.29) is 17.9 Å². The van der Waals surface area contributed by atoms with E-state index in [1.165, 1.54) is 11.1 Å². The minimum Gasteiger partial charge on any atom is -0.396 e. The number of rotatable bonds is 3. The molecule has 2 fully saturated rings. The Hall–Kier alpha value is -1.43. The van der Waals surface area contributed by atoms with Crippen molar-refractivity contribution < 1.29 is 14.6 Å². The normalized spacial score (nSPS) is 30.0. The predicted octanol–water partition coefficient (Wildman–Crippen LogP) is 0.902. The minimum absolute atomic E-state index is 0.110. The lowest BCUT2D eigenvalue weighted by Crippen LogP contribution is -2.44. The van der Waals surface area contributed by atoms with Gasteiger partial charge >= 0.3 is 0 Å². The number of nitrogens with zero attached hydrogens (tertiary/aromatic N) is 2. The molecule has 4 rings (SSSR count). The quantitative estimate of drug-likeness (QED) is 0.895. The van der Waals surface area contributed by atoms with Gasteiger partial charge in [-0.2, -0.15) is 0 Å². The summed E-state index contributed by atoms with van der Waals surface area (Å²) < 4.78 is 5.59. The Morgan fingerprint density at radius 1 is 1.33 bits per heavy atom. The second-order valence-corrected chi connectivity index (χ2v) is 7.56. The highest BCUT2D eigenvalue weighted by atomic mass is 16.5. The maximum atomic E-state index is 12.8. The first-order valence-corrected chi connectivity index (χ1v) is 8.96. The molecule has 0 aromatic heterocycles. The number of ether oxygens (including phenoxy) is 1. The summed E-state index contributed by atoms with van der Waals surface area (Å²) in [5.41, 5.74) is 2.51. The molecule has 5 heteroatoms. The van der Waals surface area contributed by atoms with Crippen LogP contribution in [0.3, 0.4) is 0 Å². The number of fused-ring (bicyclic) bond motifs is 2. The molecular weight excluding hydrogens is 304 g/mol. The highest BCUT2D eigenvalue weighted by Gasteiger charge is 2.49. The zero-order valence-electron chi connectivity index (χ0n) is 14.1. The van der Waals surface area contributed by atoms with Gasteiger partial charge in [-0.25, -0.2) is 0 Å². The summed E-state index contributed by atoms with van der Waals surface area (Å²) in [5.74, 6) is 0.568. The summed E-state index contributed by atoms with van der Waals surface area (Å²) in [6, 6.07) is 8.50. The van der Waals surface area contributed by atoms with Gasteiger partial charge in [0.2, 0.25) is 5.91 Å². The second kappa shape index (κ2) is 6.47. The summed E-state index contributed by atoms with van der Waals surface area (Å²) in [7, 11) is 0. The summed E-state index contributed by atoms with van der Waals surface area (Å²) in [6.07, 6.45) is 1.96. The van der Waals surface area contributed by atoms with E-state index in [9.17, 15) is 9.90 Å². The molecule has 0 bridgehead atoms. The van der Waals surface area contributed by atoms with Gasteiger partial charge in [0.25, 0.3) is 0 Å². The second-order valence-electron chi connectivity index (χ2n) is 7.56. The van der Waals surface area contributed by atoms with Crippen LogP contribution in [0.2, 0.25) is 0 Å². The van der Waals surface area contributed by atoms with Crippen molar-refractivity contribution in [1.82, 2.24) is 9.80 Å². The number of hydrogen-bond donors (Lipinski definition) is 1. The first kappa shape index (κ1) is 16.1. The Balaban J connectivity index is 1.39. The van der Waals surface area contributed by atoms with E-state index in [0.717, 1.165) is 39.1 Å². The number of benzene rings is 1. The maximum absolute atomic E-state index is 12.8. The van der Waals surface area contributed by atoms with Gasteiger partial charge in [-0.3, -0.25) is 9.69 Å². The van der Waals surface area contributed by atoms with Crippen LogP contribution >= 0.6 is 0 Å². The van der Waals surface area contributed by atoms with E-state index in [2.05, 4.69) is 29.2 Å². The Morgan fingerprint density at radius 2 is 2.17 bits per heavy atom. The highest BCUT2D eigenvalue weighted by Crippen LogP contribution is 2.41. The van der Waals surface area contributed by atoms with Crippen LogP contribution < -0.4 is 0 Å². The van der Waals surface area contributed by atoms with Crippen molar-refractivity contribution in [3.8, 4) is 0 Å². The van der Waals surface area contributed by atoms with E-state index in [1.807, 2.05) is 4.90 Å². The zero-order chi connectivity index (χ0) is 16.6. The molecule has 130 valence electrons. The molecule has 5 nitrogen and oxygen atoms in total. The lowest BCUT2D eigenvalue weighted by Gasteiger charge is -2.36. The molecule has 1 aromatic rings. The molecule has 0 radical (unpaired) electrons. The average molecular weight is 330 g/mol. The first-order chi connectivity index (χ1) is 11.7. The Bertz CT molecular complexity index is 620. The number of hydrogen-bond acceptors (Lipinski definition) is 4. The maximum Gasteiger partial charge on any atom is 0.236 e. The van der Waals surface area contributed by atoms with E-state index in [4.69, 9.17) is 4.74 Å². The van der Waals surface area contributed by atoms with Crippen LogP contribution in [0.4, 0.5) is 0 Å². The van der Waals surface area contributed by atoms with Crippen LogP contribution in [0.15, 0.2) is 24.3 Å². The zero-order valence-corrected chi connectivity index (χ0v) is 14.1. The molecule has 3 aliphatic rings. The van der Waals surface area contributed by atoms with Crippen molar-refractivity contribution in [1.29, 1.82) is 0 Å². The summed E-state index contributed by atoms with van der Waals surface area (Å²) in [5, 5.41) is 9.85. The monoisotopic (exact) mass is 330 g/mol. The Labute approximate surface area is 143 Å². The van der Waals surface area contributed by atoms with Crippen LogP contribution in [0, 0.1) is 11.3 Å². The van der Waals surface area contributed by atoms with E-state index >= 15 is 0 Å². The number of carbonyl (C=O) groups is 1. The molecular formula is C19H26N2O3. The fraction of sp³-hybridized carbons (Fsp3) is 0.632. The van der Waals surface area contributed by atoms with Gasteiger partial charge in [0, 0.05) is 38.2 Å². The van der Waals surface area contributed by atoms with Crippen LogP contribution in [0.25, 0.3) is 0 Å². The first-order valence-electron chi connectivity index (χ1n) is 8.96. The topological polar surface area (TPSA) is 53.0 Å². The largest absolute Gasteiger partial charge is 0.396 e. The van der Waals surface area contributed by atoms with E-state index < -0.39 is 0 Å². The minimum atomic E-state index is -0.234. The molecule has 1 amide bonds. The van der Waals surface area contributed by atoms with Crippen molar-refractivity contribution in [2.45, 2.75) is 19.4 Å². The standard InChI is InChI=1S/C19H26N2O3/c22-13-19-12-21(10-17(19)6-8-24-14-19)18(23)11-20-7-5-15-3-1-2-4-16(15)9-20/h1-4,17,22H,5-14H2/t17-,19+/m0/s1. The van der Waals surface area contributed by atoms with Gasteiger partial charge in [-0.15, -0.1) is 0 Å². The number of likely N-dealkylation sites (tertiary alicyclic amines) is 1. The lowest BCUT2D eigenvalue weighted by atomic mass is 9.76. The van der Waals surface area contributed by atoms with Crippen molar-refractivity contribution >= 4 is 5.91 Å². The number of amides is 1. The van der Waals surface area contributed by atoms with E-state index in [1.54, 1.807) is 0 Å². The summed E-state index contributed by atoms with van der Waals surface area (Å²) >= 11 is 0. The fourth-order valence-corrected chi connectivity index (χ4v) is 4.49. The Kier molecular flexibility index (Phi) is 4.33. The average Bonchev–Trinajstić information content (AvgIpc) is 3.02. The fourth-order valence-electron chi connectivity index (χ4n) is 4.49. The molecule has 0 unspecified atom stereocenters. The predicted molar refractivity (Wildman–Crippen MR) is 90.4 cm³/mol. The SMILES string of the molecule is O=C(CN1CCc2ccccc2C1)N1C[C@@H]2CCOC[C@]2(CO)C1. The Morgan fingerprint density at radius 3 is 2.96 bits per heavy atom. The van der Waals surface area contributed by atoms with Crippen LogP contribution in [0.5, 0.6) is 0 Å². The number of carbonyl (C=O) groups excluding carboxylic acids is 1. The molecule has 0 aliphatic carbocycles. The highest BCUT2D eigenvalue weighted by molar-refractivity contribution is 5.78. The molecule has 2 atom stereocenters. The van der Waals surface area contributed by atoms with Crippen molar-refractivity contribution in [3.63, 3.8) is 0 Å². The summed E-state index contributed by atoms with van der Waals surface area (Å²) in [6.45, 7) is 5.11. The third kappa shape index (κ3) is 2.85. The van der Waals surface area contributed by atoms with E-state index in [0.29, 0.717) is 25.6 Å². The molecule has 3 aliphatic heterocycles. The van der Waals surface area contributed by atoms with Crippen LogP contribution in [-0.2, 0) is 22.5 Å². The third-order valence-electron chi connectivity index (χ3n) is 6.05. The molecule has 1 N–H and O–H groups in total. The summed E-state index contributed by atoms with van der Waals surface area (Å²) in [4.78, 5) is 17.0. The van der Waals surface area contributed by atoms with Gasteiger partial charge < -0.3 is 14.7 Å². The molecule has 1 aromatic carbocycles. The van der Waals surface area contributed by atoms with Crippen molar-refractivity contribution in [2.75, 3.05) is 46.0 Å². The number of aliphatic hydroxyl groups excluding tert-OH is 1. The van der Waals surface area contributed by atoms with Gasteiger partial charge in [-0.1, -0.05) is 24.3 Å². The molecule has 0 spiro atoms. The van der Waals surface area contributed by atoms with Crippen LogP contribution in [0.1, 0.15) is 17.5 Å². The van der Waals surface area contributed by atoms with Gasteiger partial charge in [-0.05, 0) is 29.9 Å². The number of aliphatic hydroxyl groups is 1. The van der Waals surface area contributed by atoms with Gasteiger partial charge in [0.15, 0.2) is 0 Å². The third-order valence-corrected chi connectivity index (χ3v) is 6.05.